The lowest BCUT2D eigenvalue weighted by Gasteiger charge is -2.30. The van der Waals surface area contributed by atoms with E-state index in [1.54, 1.807) is 36.4 Å². The molecule has 0 bridgehead atoms. The van der Waals surface area contributed by atoms with Crippen molar-refractivity contribution in [2.24, 2.45) is 0 Å². The van der Waals surface area contributed by atoms with Gasteiger partial charge in [-0.15, -0.1) is 0 Å². The number of aryl methyl sites for hydroxylation is 1. The van der Waals surface area contributed by atoms with E-state index in [9.17, 15) is 16.8 Å². The molecule has 0 atom stereocenters. The maximum Gasteiger partial charge on any atom is 0.236 e. The summed E-state index contributed by atoms with van der Waals surface area (Å²) < 4.78 is 51.8. The molecule has 1 aliphatic rings. The summed E-state index contributed by atoms with van der Waals surface area (Å²) in [7, 11) is -7.00. The van der Waals surface area contributed by atoms with Crippen molar-refractivity contribution in [2.45, 2.75) is 29.9 Å². The van der Waals surface area contributed by atoms with E-state index in [1.807, 2.05) is 31.2 Å². The molecule has 0 radical (unpaired) electrons. The number of hydrogen-bond donors (Lipinski definition) is 0. The summed E-state index contributed by atoms with van der Waals surface area (Å²) in [5.74, 6) is 0. The Morgan fingerprint density at radius 2 is 1.48 bits per heavy atom. The molecule has 0 spiro atoms. The molecule has 5 nitrogen and oxygen atoms in total. The molecule has 2 aromatic carbocycles. The Kier molecular flexibility index (Phi) is 5.83. The van der Waals surface area contributed by atoms with Gasteiger partial charge in [-0.05, 0) is 43.5 Å². The molecule has 27 heavy (non-hydrogen) atoms. The van der Waals surface area contributed by atoms with Crippen LogP contribution in [0.25, 0.3) is 6.08 Å². The van der Waals surface area contributed by atoms with Gasteiger partial charge < -0.3 is 0 Å². The van der Waals surface area contributed by atoms with E-state index in [1.165, 1.54) is 9.71 Å². The molecule has 3 rings (SSSR count). The van der Waals surface area contributed by atoms with E-state index in [2.05, 4.69) is 0 Å². The summed E-state index contributed by atoms with van der Waals surface area (Å²) in [5, 5.41) is 0.649. The van der Waals surface area contributed by atoms with Crippen molar-refractivity contribution < 1.29 is 16.8 Å². The van der Waals surface area contributed by atoms with E-state index >= 15 is 0 Å². The summed E-state index contributed by atoms with van der Waals surface area (Å²) in [6.07, 6.45) is 2.17. The summed E-state index contributed by atoms with van der Waals surface area (Å²) in [6.45, 7) is 2.38. The van der Waals surface area contributed by atoms with E-state index in [-0.39, 0.29) is 13.1 Å². The maximum absolute atomic E-state index is 12.7. The third kappa shape index (κ3) is 4.66. The molecule has 0 aromatic heterocycles. The molecule has 1 saturated heterocycles. The topological polar surface area (TPSA) is 71.5 Å². The van der Waals surface area contributed by atoms with Crippen LogP contribution < -0.4 is 0 Å². The zero-order valence-electron chi connectivity index (χ0n) is 15.2. The van der Waals surface area contributed by atoms with Crippen LogP contribution in [-0.4, -0.2) is 39.5 Å². The Labute approximate surface area is 161 Å². The lowest BCUT2D eigenvalue weighted by atomic mass is 10.2. The first-order chi connectivity index (χ1) is 12.8. The highest BCUT2D eigenvalue weighted by atomic mass is 32.2. The van der Waals surface area contributed by atoms with Gasteiger partial charge in [-0.1, -0.05) is 48.0 Å². The Balaban J connectivity index is 1.67. The minimum Gasteiger partial charge on any atom is -0.223 e. The summed E-state index contributed by atoms with van der Waals surface area (Å²) >= 11 is 0. The quantitative estimate of drug-likeness (QED) is 0.766. The van der Waals surface area contributed by atoms with Crippen LogP contribution in [-0.2, 0) is 19.9 Å². The standard InChI is InChI=1S/C20H23NO4S2/c1-17-7-9-18(10-8-17)13-16-26(22,23)21-14-11-20(12-15-21)27(24,25)19-5-3-2-4-6-19/h2-10,13,16,20H,11-12,14-15H2,1H3/b16-13+. The van der Waals surface area contributed by atoms with Gasteiger partial charge in [-0.25, -0.2) is 16.8 Å². The van der Waals surface area contributed by atoms with Crippen LogP contribution in [0.1, 0.15) is 24.0 Å². The number of sulfone groups is 1. The van der Waals surface area contributed by atoms with Crippen molar-refractivity contribution in [2.75, 3.05) is 13.1 Å². The predicted molar refractivity (Wildman–Crippen MR) is 107 cm³/mol. The smallest absolute Gasteiger partial charge is 0.223 e. The fourth-order valence-electron chi connectivity index (χ4n) is 3.13. The van der Waals surface area contributed by atoms with Crippen molar-refractivity contribution in [1.29, 1.82) is 0 Å². The number of nitrogens with zero attached hydrogens (tertiary/aromatic N) is 1. The van der Waals surface area contributed by atoms with Crippen LogP contribution in [0, 0.1) is 6.92 Å². The highest BCUT2D eigenvalue weighted by Gasteiger charge is 2.34. The largest absolute Gasteiger partial charge is 0.236 e. The van der Waals surface area contributed by atoms with Crippen LogP contribution in [0.5, 0.6) is 0 Å². The van der Waals surface area contributed by atoms with Crippen LogP contribution in [0.15, 0.2) is 64.9 Å². The summed E-state index contributed by atoms with van der Waals surface area (Å²) in [5.41, 5.74) is 1.92. The van der Waals surface area contributed by atoms with E-state index < -0.39 is 25.1 Å². The lowest BCUT2D eigenvalue weighted by molar-refractivity contribution is 0.349. The number of rotatable bonds is 5. The van der Waals surface area contributed by atoms with Gasteiger partial charge in [0, 0.05) is 18.5 Å². The third-order valence-corrected chi connectivity index (χ3v) is 8.62. The van der Waals surface area contributed by atoms with Crippen LogP contribution >= 0.6 is 0 Å². The molecular weight excluding hydrogens is 382 g/mol. The Morgan fingerprint density at radius 3 is 2.07 bits per heavy atom. The number of piperidine rings is 1. The van der Waals surface area contributed by atoms with Crippen molar-refractivity contribution in [3.05, 3.63) is 71.1 Å². The monoisotopic (exact) mass is 405 g/mol. The Morgan fingerprint density at radius 1 is 0.889 bits per heavy atom. The molecule has 0 unspecified atom stereocenters. The first kappa shape index (κ1) is 19.8. The minimum atomic E-state index is -3.57. The second kappa shape index (κ2) is 7.96. The van der Waals surface area contributed by atoms with Crippen molar-refractivity contribution in [1.82, 2.24) is 4.31 Å². The minimum absolute atomic E-state index is 0.206. The molecule has 0 N–H and O–H groups in total. The van der Waals surface area contributed by atoms with Gasteiger partial charge in [-0.3, -0.25) is 0 Å². The Bertz CT molecular complexity index is 1000. The SMILES string of the molecule is Cc1ccc(/C=C/S(=O)(=O)N2CCC(S(=O)(=O)c3ccccc3)CC2)cc1. The van der Waals surface area contributed by atoms with Gasteiger partial charge in [0.15, 0.2) is 9.84 Å². The normalized spacial score (nSPS) is 17.4. The maximum atomic E-state index is 12.7. The number of benzene rings is 2. The first-order valence-corrected chi connectivity index (χ1v) is 11.9. The molecule has 0 aliphatic carbocycles. The van der Waals surface area contributed by atoms with Crippen molar-refractivity contribution >= 4 is 25.9 Å². The number of sulfonamides is 1. The molecule has 0 saturated carbocycles. The lowest BCUT2D eigenvalue weighted by Crippen LogP contribution is -2.41. The first-order valence-electron chi connectivity index (χ1n) is 8.83. The molecule has 1 fully saturated rings. The molecule has 1 heterocycles. The van der Waals surface area contributed by atoms with Gasteiger partial charge in [0.1, 0.15) is 0 Å². The van der Waals surface area contributed by atoms with E-state index in [0.29, 0.717) is 17.7 Å². The van der Waals surface area contributed by atoms with Crippen LogP contribution in [0.4, 0.5) is 0 Å². The zero-order chi connectivity index (χ0) is 19.5. The van der Waals surface area contributed by atoms with Crippen molar-refractivity contribution in [3.63, 3.8) is 0 Å². The summed E-state index contributed by atoms with van der Waals surface area (Å²) in [6, 6.07) is 15.9. The third-order valence-electron chi connectivity index (χ3n) is 4.78. The second-order valence-electron chi connectivity index (χ2n) is 6.71. The second-order valence-corrected chi connectivity index (χ2v) is 10.8. The van der Waals surface area contributed by atoms with E-state index in [4.69, 9.17) is 0 Å². The zero-order valence-corrected chi connectivity index (χ0v) is 16.8. The highest BCUT2D eigenvalue weighted by molar-refractivity contribution is 7.92. The van der Waals surface area contributed by atoms with Gasteiger partial charge in [0.2, 0.25) is 10.0 Å². The molecular formula is C20H23NO4S2. The molecule has 2 aromatic rings. The summed E-state index contributed by atoms with van der Waals surface area (Å²) in [4.78, 5) is 0.297. The number of hydrogen-bond acceptors (Lipinski definition) is 4. The molecule has 0 amide bonds. The fourth-order valence-corrected chi connectivity index (χ4v) is 6.10. The average molecular weight is 406 g/mol. The van der Waals surface area contributed by atoms with Crippen molar-refractivity contribution in [3.8, 4) is 0 Å². The Hall–Kier alpha value is -1.96. The molecule has 144 valence electrons. The van der Waals surface area contributed by atoms with Gasteiger partial charge >= 0.3 is 0 Å². The van der Waals surface area contributed by atoms with Crippen LogP contribution in [0.3, 0.4) is 0 Å². The highest BCUT2D eigenvalue weighted by Crippen LogP contribution is 2.26. The predicted octanol–water partition coefficient (Wildman–Crippen LogP) is 3.23. The fraction of sp³-hybridized carbons (Fsp3) is 0.300. The van der Waals surface area contributed by atoms with Crippen LogP contribution in [0.2, 0.25) is 0 Å². The molecule has 1 aliphatic heterocycles. The van der Waals surface area contributed by atoms with Gasteiger partial charge in [0.05, 0.1) is 10.1 Å². The average Bonchev–Trinajstić information content (AvgIpc) is 2.68. The van der Waals surface area contributed by atoms with E-state index in [0.717, 1.165) is 11.1 Å². The molecule has 7 heteroatoms. The van der Waals surface area contributed by atoms with Gasteiger partial charge in [0.25, 0.3) is 0 Å². The van der Waals surface area contributed by atoms with Gasteiger partial charge in [-0.2, -0.15) is 4.31 Å².